The highest BCUT2D eigenvalue weighted by Crippen LogP contribution is 2.29. The lowest BCUT2D eigenvalue weighted by molar-refractivity contribution is 0.162. The molecule has 2 aliphatic rings. The molecule has 110 valence electrons. The Hall–Kier alpha value is -1.61. The molecule has 1 atom stereocenters. The van der Waals surface area contributed by atoms with E-state index in [4.69, 9.17) is 0 Å². The zero-order chi connectivity index (χ0) is 14.1. The minimum Gasteiger partial charge on any atom is -0.369 e. The SMILES string of the molecule is c1cc(N2CCCN3CCCCC3C2)c2cccnc2c1. The van der Waals surface area contributed by atoms with Crippen LogP contribution in [-0.4, -0.2) is 42.1 Å². The van der Waals surface area contributed by atoms with E-state index in [0.717, 1.165) is 11.6 Å². The molecule has 0 N–H and O–H groups in total. The Kier molecular flexibility index (Phi) is 3.52. The van der Waals surface area contributed by atoms with Crippen LogP contribution in [0.1, 0.15) is 25.7 Å². The van der Waals surface area contributed by atoms with Crippen LogP contribution < -0.4 is 4.90 Å². The van der Waals surface area contributed by atoms with Gasteiger partial charge in [-0.1, -0.05) is 12.5 Å². The smallest absolute Gasteiger partial charge is 0.0722 e. The maximum atomic E-state index is 4.50. The van der Waals surface area contributed by atoms with Crippen molar-refractivity contribution in [2.45, 2.75) is 31.7 Å². The largest absolute Gasteiger partial charge is 0.369 e. The molecular weight excluding hydrogens is 258 g/mol. The molecule has 2 saturated heterocycles. The number of hydrogen-bond acceptors (Lipinski definition) is 3. The van der Waals surface area contributed by atoms with Gasteiger partial charge in [-0.3, -0.25) is 9.88 Å². The van der Waals surface area contributed by atoms with E-state index in [1.807, 2.05) is 6.20 Å². The van der Waals surface area contributed by atoms with Crippen LogP contribution in [0.15, 0.2) is 36.5 Å². The normalized spacial score (nSPS) is 23.8. The fraction of sp³-hybridized carbons (Fsp3) is 0.500. The first kappa shape index (κ1) is 13.1. The maximum Gasteiger partial charge on any atom is 0.0722 e. The van der Waals surface area contributed by atoms with Gasteiger partial charge in [0.05, 0.1) is 5.52 Å². The molecule has 21 heavy (non-hydrogen) atoms. The van der Waals surface area contributed by atoms with Gasteiger partial charge in [-0.05, 0) is 50.1 Å². The third-order valence-corrected chi connectivity index (χ3v) is 5.02. The predicted octanol–water partition coefficient (Wildman–Crippen LogP) is 3.30. The summed E-state index contributed by atoms with van der Waals surface area (Å²) in [6.07, 6.45) is 7.30. The van der Waals surface area contributed by atoms with E-state index in [0.29, 0.717) is 0 Å². The van der Waals surface area contributed by atoms with Gasteiger partial charge in [0, 0.05) is 42.9 Å². The Morgan fingerprint density at radius 2 is 1.90 bits per heavy atom. The lowest BCUT2D eigenvalue weighted by Crippen LogP contribution is -2.44. The Morgan fingerprint density at radius 3 is 2.90 bits per heavy atom. The molecule has 2 aromatic rings. The first-order valence-electron chi connectivity index (χ1n) is 8.24. The first-order chi connectivity index (χ1) is 10.4. The quantitative estimate of drug-likeness (QED) is 0.799. The second kappa shape index (κ2) is 5.64. The van der Waals surface area contributed by atoms with Gasteiger partial charge in [0.1, 0.15) is 0 Å². The van der Waals surface area contributed by atoms with E-state index >= 15 is 0 Å². The summed E-state index contributed by atoms with van der Waals surface area (Å²) in [6, 6.07) is 11.5. The summed E-state index contributed by atoms with van der Waals surface area (Å²) in [6.45, 7) is 4.91. The summed E-state index contributed by atoms with van der Waals surface area (Å²) >= 11 is 0. The molecule has 2 fully saturated rings. The molecule has 3 nitrogen and oxygen atoms in total. The minimum atomic E-state index is 0.744. The first-order valence-corrected chi connectivity index (χ1v) is 8.24. The van der Waals surface area contributed by atoms with Crippen LogP contribution in [0.4, 0.5) is 5.69 Å². The van der Waals surface area contributed by atoms with Crippen LogP contribution in [0.2, 0.25) is 0 Å². The number of benzene rings is 1. The zero-order valence-electron chi connectivity index (χ0n) is 12.5. The van der Waals surface area contributed by atoms with E-state index in [-0.39, 0.29) is 0 Å². The molecule has 3 heteroatoms. The van der Waals surface area contributed by atoms with E-state index in [1.165, 1.54) is 62.9 Å². The molecule has 0 saturated carbocycles. The average molecular weight is 281 g/mol. The number of rotatable bonds is 1. The van der Waals surface area contributed by atoms with Crippen molar-refractivity contribution in [2.24, 2.45) is 0 Å². The fourth-order valence-electron chi connectivity index (χ4n) is 3.95. The fourth-order valence-corrected chi connectivity index (χ4v) is 3.95. The van der Waals surface area contributed by atoms with Crippen molar-refractivity contribution in [1.82, 2.24) is 9.88 Å². The molecule has 0 bridgehead atoms. The second-order valence-corrected chi connectivity index (χ2v) is 6.33. The summed E-state index contributed by atoms with van der Waals surface area (Å²) in [5.41, 5.74) is 2.48. The Labute approximate surface area is 126 Å². The van der Waals surface area contributed by atoms with E-state index in [1.54, 1.807) is 0 Å². The van der Waals surface area contributed by atoms with Crippen molar-refractivity contribution >= 4 is 16.6 Å². The summed E-state index contributed by atoms with van der Waals surface area (Å²) < 4.78 is 0. The van der Waals surface area contributed by atoms with Crippen LogP contribution >= 0.6 is 0 Å². The molecule has 1 aromatic carbocycles. The lowest BCUT2D eigenvalue weighted by Gasteiger charge is -2.36. The molecule has 1 aromatic heterocycles. The van der Waals surface area contributed by atoms with Crippen molar-refractivity contribution in [3.63, 3.8) is 0 Å². The van der Waals surface area contributed by atoms with Crippen molar-refractivity contribution in [2.75, 3.05) is 31.1 Å². The predicted molar refractivity (Wildman–Crippen MR) is 87.8 cm³/mol. The Morgan fingerprint density at radius 1 is 0.952 bits per heavy atom. The van der Waals surface area contributed by atoms with Crippen molar-refractivity contribution in [3.05, 3.63) is 36.5 Å². The highest BCUT2D eigenvalue weighted by molar-refractivity contribution is 5.91. The molecule has 3 heterocycles. The minimum absolute atomic E-state index is 0.744. The average Bonchev–Trinajstić information content (AvgIpc) is 2.76. The van der Waals surface area contributed by atoms with Gasteiger partial charge in [-0.15, -0.1) is 0 Å². The molecule has 0 radical (unpaired) electrons. The van der Waals surface area contributed by atoms with Gasteiger partial charge in [0.2, 0.25) is 0 Å². The number of piperidine rings is 1. The van der Waals surface area contributed by atoms with Crippen molar-refractivity contribution in [3.8, 4) is 0 Å². The number of pyridine rings is 1. The lowest BCUT2D eigenvalue weighted by atomic mass is 10.0. The third-order valence-electron chi connectivity index (χ3n) is 5.02. The van der Waals surface area contributed by atoms with E-state index < -0.39 is 0 Å². The van der Waals surface area contributed by atoms with E-state index in [9.17, 15) is 0 Å². The van der Waals surface area contributed by atoms with Gasteiger partial charge in [-0.2, -0.15) is 0 Å². The van der Waals surface area contributed by atoms with Crippen LogP contribution in [0, 0.1) is 0 Å². The maximum absolute atomic E-state index is 4.50. The number of fused-ring (bicyclic) bond motifs is 2. The molecule has 0 spiro atoms. The van der Waals surface area contributed by atoms with Gasteiger partial charge in [0.15, 0.2) is 0 Å². The van der Waals surface area contributed by atoms with Gasteiger partial charge in [0.25, 0.3) is 0 Å². The molecule has 1 unspecified atom stereocenters. The molecular formula is C18H23N3. The van der Waals surface area contributed by atoms with Gasteiger partial charge in [-0.25, -0.2) is 0 Å². The topological polar surface area (TPSA) is 19.4 Å². The zero-order valence-corrected chi connectivity index (χ0v) is 12.5. The number of hydrogen-bond donors (Lipinski definition) is 0. The molecule has 0 aliphatic carbocycles. The molecule has 2 aliphatic heterocycles. The molecule has 4 rings (SSSR count). The Balaban J connectivity index is 1.68. The summed E-state index contributed by atoms with van der Waals surface area (Å²) in [5.74, 6) is 0. The van der Waals surface area contributed by atoms with Crippen LogP contribution in [0.5, 0.6) is 0 Å². The summed E-state index contributed by atoms with van der Waals surface area (Å²) in [5, 5.41) is 1.30. The van der Waals surface area contributed by atoms with Crippen molar-refractivity contribution in [1.29, 1.82) is 0 Å². The number of anilines is 1. The monoisotopic (exact) mass is 281 g/mol. The highest BCUT2D eigenvalue weighted by atomic mass is 15.2. The van der Waals surface area contributed by atoms with Crippen LogP contribution in [0.25, 0.3) is 10.9 Å². The highest BCUT2D eigenvalue weighted by Gasteiger charge is 2.27. The number of aromatic nitrogens is 1. The molecule has 0 amide bonds. The number of nitrogens with zero attached hydrogens (tertiary/aromatic N) is 3. The van der Waals surface area contributed by atoms with Gasteiger partial charge < -0.3 is 4.90 Å². The summed E-state index contributed by atoms with van der Waals surface area (Å²) in [7, 11) is 0. The summed E-state index contributed by atoms with van der Waals surface area (Å²) in [4.78, 5) is 9.82. The van der Waals surface area contributed by atoms with Crippen LogP contribution in [-0.2, 0) is 0 Å². The standard InChI is InChI=1S/C18H23N3/c1-2-11-20-12-5-13-21(14-15(20)6-1)18-9-3-8-17-16(18)7-4-10-19-17/h3-4,7-10,15H,1-2,5-6,11-14H2. The van der Waals surface area contributed by atoms with Crippen LogP contribution in [0.3, 0.4) is 0 Å². The van der Waals surface area contributed by atoms with E-state index in [2.05, 4.69) is 45.1 Å². The Bertz CT molecular complexity index is 619. The van der Waals surface area contributed by atoms with Crippen molar-refractivity contribution < 1.29 is 0 Å². The second-order valence-electron chi connectivity index (χ2n) is 6.33. The van der Waals surface area contributed by atoms with Gasteiger partial charge >= 0.3 is 0 Å². The third kappa shape index (κ3) is 2.51.